The molecule has 0 radical (unpaired) electrons. The quantitative estimate of drug-likeness (QED) is 0.597. The highest BCUT2D eigenvalue weighted by atomic mass is 16.5. The number of ether oxygens (including phenoxy) is 1. The lowest BCUT2D eigenvalue weighted by atomic mass is 9.86. The first-order chi connectivity index (χ1) is 13.8. The van der Waals surface area contributed by atoms with Crippen molar-refractivity contribution >= 4 is 17.8 Å². The van der Waals surface area contributed by atoms with Crippen molar-refractivity contribution in [1.29, 1.82) is 0 Å². The molecular weight excluding hydrogens is 380 g/mol. The lowest BCUT2D eigenvalue weighted by Crippen LogP contribution is -2.52. The Morgan fingerprint density at radius 1 is 0.867 bits per heavy atom. The van der Waals surface area contributed by atoms with Gasteiger partial charge in [0.05, 0.1) is 7.11 Å². The lowest BCUT2D eigenvalue weighted by Gasteiger charge is -2.24. The van der Waals surface area contributed by atoms with E-state index in [-0.39, 0.29) is 29.1 Å². The Morgan fingerprint density at radius 2 is 1.37 bits per heavy atom. The second-order valence-corrected chi connectivity index (χ2v) is 9.70. The van der Waals surface area contributed by atoms with Crippen LogP contribution in [0.5, 0.6) is 0 Å². The van der Waals surface area contributed by atoms with E-state index in [0.29, 0.717) is 18.4 Å². The van der Waals surface area contributed by atoms with Gasteiger partial charge in [0.2, 0.25) is 5.91 Å². The number of hydrogen-bond acceptors (Lipinski definition) is 4. The molecule has 1 aromatic rings. The summed E-state index contributed by atoms with van der Waals surface area (Å²) in [6.45, 7) is 14.2. The molecule has 1 aromatic carbocycles. The van der Waals surface area contributed by atoms with Crippen LogP contribution in [-0.4, -0.2) is 37.0 Å². The van der Waals surface area contributed by atoms with Gasteiger partial charge in [-0.3, -0.25) is 9.59 Å². The van der Waals surface area contributed by atoms with Gasteiger partial charge >= 0.3 is 5.97 Å². The van der Waals surface area contributed by atoms with Crippen LogP contribution in [0.3, 0.4) is 0 Å². The molecule has 0 saturated heterocycles. The van der Waals surface area contributed by atoms with E-state index in [1.807, 2.05) is 39.8 Å². The molecule has 0 fully saturated rings. The van der Waals surface area contributed by atoms with Crippen molar-refractivity contribution in [2.45, 2.75) is 78.8 Å². The number of benzene rings is 1. The molecule has 0 unspecified atom stereocenters. The van der Waals surface area contributed by atoms with E-state index in [2.05, 4.69) is 31.4 Å². The number of amides is 2. The molecule has 30 heavy (non-hydrogen) atoms. The summed E-state index contributed by atoms with van der Waals surface area (Å²) in [4.78, 5) is 37.7. The van der Waals surface area contributed by atoms with Crippen molar-refractivity contribution in [3.8, 4) is 0 Å². The van der Waals surface area contributed by atoms with E-state index in [9.17, 15) is 14.4 Å². The normalized spacial score (nSPS) is 13.7. The molecule has 6 heteroatoms. The van der Waals surface area contributed by atoms with E-state index in [0.717, 1.165) is 5.56 Å². The highest BCUT2D eigenvalue weighted by Gasteiger charge is 2.28. The van der Waals surface area contributed by atoms with Crippen molar-refractivity contribution in [1.82, 2.24) is 10.6 Å². The predicted octanol–water partition coefficient (Wildman–Crippen LogP) is 3.83. The fraction of sp³-hybridized carbons (Fsp3) is 0.625. The molecule has 6 nitrogen and oxygen atoms in total. The molecule has 2 N–H and O–H groups in total. The van der Waals surface area contributed by atoms with Crippen molar-refractivity contribution in [2.75, 3.05) is 7.11 Å². The molecular formula is C24H38N2O4. The first kappa shape index (κ1) is 25.7. The molecule has 1 rings (SSSR count). The maximum atomic E-state index is 12.9. The largest absolute Gasteiger partial charge is 0.467 e. The maximum absolute atomic E-state index is 12.9. The van der Waals surface area contributed by atoms with Crippen LogP contribution >= 0.6 is 0 Å². The third-order valence-electron chi connectivity index (χ3n) is 4.85. The van der Waals surface area contributed by atoms with Crippen molar-refractivity contribution in [3.63, 3.8) is 0 Å². The summed E-state index contributed by atoms with van der Waals surface area (Å²) in [5, 5.41) is 5.60. The zero-order valence-corrected chi connectivity index (χ0v) is 19.7. The van der Waals surface area contributed by atoms with Crippen LogP contribution in [0, 0.1) is 11.8 Å². The molecule has 0 aromatic heterocycles. The lowest BCUT2D eigenvalue weighted by molar-refractivity contribution is -0.145. The van der Waals surface area contributed by atoms with Gasteiger partial charge in [-0.25, -0.2) is 4.79 Å². The molecule has 0 saturated carbocycles. The summed E-state index contributed by atoms with van der Waals surface area (Å²) in [7, 11) is 1.30. The van der Waals surface area contributed by atoms with E-state index in [1.54, 1.807) is 12.1 Å². The summed E-state index contributed by atoms with van der Waals surface area (Å²) in [6, 6.07) is 5.94. The summed E-state index contributed by atoms with van der Waals surface area (Å²) in [5.74, 6) is -0.779. The fourth-order valence-electron chi connectivity index (χ4n) is 3.17. The van der Waals surface area contributed by atoms with E-state index < -0.39 is 18.1 Å². The van der Waals surface area contributed by atoms with Crippen LogP contribution in [0.25, 0.3) is 0 Å². The molecule has 0 aliphatic carbocycles. The minimum absolute atomic E-state index is 0.00557. The van der Waals surface area contributed by atoms with Gasteiger partial charge in [0.1, 0.15) is 12.1 Å². The monoisotopic (exact) mass is 418 g/mol. The van der Waals surface area contributed by atoms with Gasteiger partial charge in [-0.05, 0) is 47.8 Å². The van der Waals surface area contributed by atoms with E-state index in [4.69, 9.17) is 4.74 Å². The molecule has 0 aliphatic rings. The molecule has 2 amide bonds. The summed E-state index contributed by atoms with van der Waals surface area (Å²) in [5.41, 5.74) is 1.62. The number of carbonyl (C=O) groups is 3. The van der Waals surface area contributed by atoms with E-state index >= 15 is 0 Å². The number of carbonyl (C=O) groups excluding carboxylic acids is 3. The van der Waals surface area contributed by atoms with Crippen LogP contribution in [0.4, 0.5) is 0 Å². The van der Waals surface area contributed by atoms with Crippen LogP contribution in [0.2, 0.25) is 0 Å². The second-order valence-electron chi connectivity index (χ2n) is 9.70. The van der Waals surface area contributed by atoms with Gasteiger partial charge < -0.3 is 15.4 Å². The molecule has 168 valence electrons. The van der Waals surface area contributed by atoms with Crippen LogP contribution in [0.15, 0.2) is 24.3 Å². The fourth-order valence-corrected chi connectivity index (χ4v) is 3.17. The number of nitrogens with one attached hydrogen (secondary N) is 2. The van der Waals surface area contributed by atoms with Gasteiger partial charge in [-0.1, -0.05) is 60.6 Å². The standard InChI is InChI=1S/C24H38N2O4/c1-15(2)13-19(22(28)26-20(14-16(3)4)23(29)30-8)25-21(27)17-9-11-18(12-10-17)24(5,6)7/h9-12,15-16,19-20H,13-14H2,1-8H3,(H,25,27)(H,26,28)/t19-,20-/m0/s1. The maximum Gasteiger partial charge on any atom is 0.328 e. The van der Waals surface area contributed by atoms with Crippen LogP contribution in [-0.2, 0) is 19.7 Å². The molecule has 0 aliphatic heterocycles. The Bertz CT molecular complexity index is 718. The Morgan fingerprint density at radius 3 is 1.80 bits per heavy atom. The van der Waals surface area contributed by atoms with Crippen molar-refractivity contribution in [3.05, 3.63) is 35.4 Å². The van der Waals surface area contributed by atoms with E-state index in [1.165, 1.54) is 7.11 Å². The molecule has 0 heterocycles. The molecule has 2 atom stereocenters. The number of esters is 1. The minimum Gasteiger partial charge on any atom is -0.467 e. The average molecular weight is 419 g/mol. The summed E-state index contributed by atoms with van der Waals surface area (Å²) >= 11 is 0. The molecule has 0 bridgehead atoms. The van der Waals surface area contributed by atoms with Gasteiger partial charge in [-0.2, -0.15) is 0 Å². The smallest absolute Gasteiger partial charge is 0.328 e. The zero-order chi connectivity index (χ0) is 23.1. The van der Waals surface area contributed by atoms with Gasteiger partial charge in [-0.15, -0.1) is 0 Å². The topological polar surface area (TPSA) is 84.5 Å². The van der Waals surface area contributed by atoms with Crippen LogP contribution in [0.1, 0.15) is 77.2 Å². The third kappa shape index (κ3) is 8.17. The number of methoxy groups -OCH3 is 1. The highest BCUT2D eigenvalue weighted by Crippen LogP contribution is 2.22. The summed E-state index contributed by atoms with van der Waals surface area (Å²) < 4.78 is 4.82. The number of rotatable bonds is 9. The Kier molecular flexibility index (Phi) is 9.53. The minimum atomic E-state index is -0.737. The van der Waals surface area contributed by atoms with Gasteiger partial charge in [0, 0.05) is 5.56 Å². The number of hydrogen-bond donors (Lipinski definition) is 2. The third-order valence-corrected chi connectivity index (χ3v) is 4.85. The highest BCUT2D eigenvalue weighted by molar-refractivity contribution is 5.98. The molecule has 0 spiro atoms. The van der Waals surface area contributed by atoms with Crippen LogP contribution < -0.4 is 10.6 Å². The Labute approximate surface area is 181 Å². The van der Waals surface area contributed by atoms with Crippen molar-refractivity contribution in [2.24, 2.45) is 11.8 Å². The summed E-state index contributed by atoms with van der Waals surface area (Å²) in [6.07, 6.45) is 0.933. The Hall–Kier alpha value is -2.37. The second kappa shape index (κ2) is 11.1. The first-order valence-corrected chi connectivity index (χ1v) is 10.6. The van der Waals surface area contributed by atoms with Crippen molar-refractivity contribution < 1.29 is 19.1 Å². The predicted molar refractivity (Wildman–Crippen MR) is 119 cm³/mol. The van der Waals surface area contributed by atoms with Gasteiger partial charge in [0.25, 0.3) is 5.91 Å². The SMILES string of the molecule is COC(=O)[C@H](CC(C)C)NC(=O)[C@H](CC(C)C)NC(=O)c1ccc(C(C)(C)C)cc1. The average Bonchev–Trinajstić information content (AvgIpc) is 2.64. The Balaban J connectivity index is 2.95. The zero-order valence-electron chi connectivity index (χ0n) is 19.7. The van der Waals surface area contributed by atoms with Gasteiger partial charge in [0.15, 0.2) is 0 Å². The first-order valence-electron chi connectivity index (χ1n) is 10.6.